The maximum atomic E-state index is 12.7. The van der Waals surface area contributed by atoms with E-state index in [0.29, 0.717) is 22.9 Å². The van der Waals surface area contributed by atoms with Gasteiger partial charge in [-0.1, -0.05) is 6.92 Å². The van der Waals surface area contributed by atoms with Crippen molar-refractivity contribution >= 4 is 23.2 Å². The van der Waals surface area contributed by atoms with Crippen LogP contribution in [0, 0.1) is 5.92 Å². The predicted octanol–water partition coefficient (Wildman–Crippen LogP) is 3.27. The third-order valence-corrected chi connectivity index (χ3v) is 4.95. The minimum absolute atomic E-state index is 0.105. The number of nitrogens with zero attached hydrogens (tertiary/aromatic N) is 3. The first-order chi connectivity index (χ1) is 12.9. The molecule has 0 bridgehead atoms. The van der Waals surface area contributed by atoms with Crippen LogP contribution in [0.15, 0.2) is 42.6 Å². The van der Waals surface area contributed by atoms with Crippen LogP contribution in [0.1, 0.15) is 40.6 Å². The summed E-state index contributed by atoms with van der Waals surface area (Å²) in [6, 6.07) is 10.8. The van der Waals surface area contributed by atoms with E-state index < -0.39 is 0 Å². The number of pyridine rings is 1. The minimum Gasteiger partial charge on any atom is -0.378 e. The molecule has 0 spiro atoms. The summed E-state index contributed by atoms with van der Waals surface area (Å²) in [6.07, 6.45) is 3.54. The van der Waals surface area contributed by atoms with Gasteiger partial charge in [-0.15, -0.1) is 0 Å². The highest BCUT2D eigenvalue weighted by Gasteiger charge is 2.23. The van der Waals surface area contributed by atoms with E-state index in [1.807, 2.05) is 48.2 Å². The molecule has 2 aromatic rings. The van der Waals surface area contributed by atoms with Crippen molar-refractivity contribution in [2.24, 2.45) is 5.92 Å². The van der Waals surface area contributed by atoms with Gasteiger partial charge in [-0.25, -0.2) is 0 Å². The highest BCUT2D eigenvalue weighted by molar-refractivity contribution is 6.05. The van der Waals surface area contributed by atoms with Crippen LogP contribution in [0.4, 0.5) is 11.4 Å². The lowest BCUT2D eigenvalue weighted by Crippen LogP contribution is -2.38. The molecule has 1 aliphatic heterocycles. The number of amides is 2. The summed E-state index contributed by atoms with van der Waals surface area (Å²) in [4.78, 5) is 33.2. The lowest BCUT2D eigenvalue weighted by atomic mass is 9.99. The molecule has 1 aromatic carbocycles. The van der Waals surface area contributed by atoms with E-state index in [0.717, 1.165) is 31.6 Å². The number of piperidine rings is 1. The van der Waals surface area contributed by atoms with Crippen LogP contribution in [0.5, 0.6) is 0 Å². The van der Waals surface area contributed by atoms with Gasteiger partial charge in [-0.3, -0.25) is 14.6 Å². The van der Waals surface area contributed by atoms with E-state index in [2.05, 4.69) is 17.2 Å². The highest BCUT2D eigenvalue weighted by Crippen LogP contribution is 2.19. The van der Waals surface area contributed by atoms with Crippen LogP contribution in [-0.2, 0) is 0 Å². The molecule has 3 rings (SSSR count). The minimum atomic E-state index is -0.253. The molecule has 1 fully saturated rings. The molecule has 27 heavy (non-hydrogen) atoms. The fraction of sp³-hybridized carbons (Fsp3) is 0.381. The number of benzene rings is 1. The lowest BCUT2D eigenvalue weighted by molar-refractivity contribution is 0.0691. The van der Waals surface area contributed by atoms with Gasteiger partial charge in [0.2, 0.25) is 0 Å². The summed E-state index contributed by atoms with van der Waals surface area (Å²) in [5, 5.41) is 2.87. The summed E-state index contributed by atoms with van der Waals surface area (Å²) < 4.78 is 0. The average Bonchev–Trinajstić information content (AvgIpc) is 2.68. The fourth-order valence-electron chi connectivity index (χ4n) is 3.11. The Kier molecular flexibility index (Phi) is 5.74. The Morgan fingerprint density at radius 1 is 1.11 bits per heavy atom. The largest absolute Gasteiger partial charge is 0.378 e. The SMILES string of the molecule is CC1CCN(C(=O)c2cc(C(=O)Nc3ccc(N(C)C)cc3)ccn2)CC1. The number of aromatic nitrogens is 1. The van der Waals surface area contributed by atoms with Gasteiger partial charge in [0.15, 0.2) is 0 Å². The summed E-state index contributed by atoms with van der Waals surface area (Å²) in [6.45, 7) is 3.70. The van der Waals surface area contributed by atoms with E-state index >= 15 is 0 Å². The molecule has 0 saturated carbocycles. The number of hydrogen-bond acceptors (Lipinski definition) is 4. The van der Waals surface area contributed by atoms with Crippen LogP contribution < -0.4 is 10.2 Å². The van der Waals surface area contributed by atoms with E-state index in [4.69, 9.17) is 0 Å². The van der Waals surface area contributed by atoms with Crippen molar-refractivity contribution in [2.45, 2.75) is 19.8 Å². The Bertz CT molecular complexity index is 809. The Hall–Kier alpha value is -2.89. The van der Waals surface area contributed by atoms with Crippen molar-refractivity contribution in [1.29, 1.82) is 0 Å². The van der Waals surface area contributed by atoms with Crippen molar-refractivity contribution in [1.82, 2.24) is 9.88 Å². The second-order valence-corrected chi connectivity index (χ2v) is 7.30. The number of anilines is 2. The molecule has 1 N–H and O–H groups in total. The first kappa shape index (κ1) is 18.9. The molecule has 6 heteroatoms. The third kappa shape index (κ3) is 4.64. The molecule has 0 radical (unpaired) electrons. The first-order valence-corrected chi connectivity index (χ1v) is 9.28. The van der Waals surface area contributed by atoms with Gasteiger partial charge in [0, 0.05) is 50.3 Å². The molecule has 1 aliphatic rings. The van der Waals surface area contributed by atoms with Crippen LogP contribution in [0.3, 0.4) is 0 Å². The van der Waals surface area contributed by atoms with Crippen molar-refractivity contribution in [2.75, 3.05) is 37.4 Å². The Balaban J connectivity index is 1.69. The molecule has 2 amide bonds. The zero-order chi connectivity index (χ0) is 19.4. The summed E-state index contributed by atoms with van der Waals surface area (Å²) in [5.41, 5.74) is 2.51. The van der Waals surface area contributed by atoms with Crippen molar-refractivity contribution in [3.8, 4) is 0 Å². The zero-order valence-electron chi connectivity index (χ0n) is 16.1. The van der Waals surface area contributed by atoms with Crippen LogP contribution >= 0.6 is 0 Å². The van der Waals surface area contributed by atoms with Crippen molar-refractivity contribution in [3.05, 3.63) is 53.9 Å². The summed E-state index contributed by atoms with van der Waals surface area (Å²) in [7, 11) is 3.93. The van der Waals surface area contributed by atoms with Gasteiger partial charge in [0.05, 0.1) is 0 Å². The number of likely N-dealkylation sites (tertiary alicyclic amines) is 1. The molecule has 1 aromatic heterocycles. The van der Waals surface area contributed by atoms with Crippen LogP contribution in [-0.4, -0.2) is 48.9 Å². The molecule has 2 heterocycles. The van der Waals surface area contributed by atoms with Crippen LogP contribution in [0.25, 0.3) is 0 Å². The van der Waals surface area contributed by atoms with Gasteiger partial charge in [-0.2, -0.15) is 0 Å². The maximum Gasteiger partial charge on any atom is 0.272 e. The van der Waals surface area contributed by atoms with Gasteiger partial charge < -0.3 is 15.1 Å². The van der Waals surface area contributed by atoms with Gasteiger partial charge in [-0.05, 0) is 55.2 Å². The molecule has 0 unspecified atom stereocenters. The summed E-state index contributed by atoms with van der Waals surface area (Å²) >= 11 is 0. The Labute approximate surface area is 160 Å². The number of carbonyl (C=O) groups is 2. The van der Waals surface area contributed by atoms with E-state index in [1.54, 1.807) is 12.1 Å². The number of rotatable bonds is 4. The normalized spacial score (nSPS) is 14.7. The molecular weight excluding hydrogens is 340 g/mol. The first-order valence-electron chi connectivity index (χ1n) is 9.28. The van der Waals surface area contributed by atoms with E-state index in [-0.39, 0.29) is 11.8 Å². The molecule has 0 atom stereocenters. The molecule has 6 nitrogen and oxygen atoms in total. The molecule has 1 saturated heterocycles. The maximum absolute atomic E-state index is 12.7. The van der Waals surface area contributed by atoms with Gasteiger partial charge in [0.1, 0.15) is 5.69 Å². The smallest absolute Gasteiger partial charge is 0.272 e. The number of carbonyl (C=O) groups excluding carboxylic acids is 2. The quantitative estimate of drug-likeness (QED) is 0.902. The number of hydrogen-bond donors (Lipinski definition) is 1. The van der Waals surface area contributed by atoms with Crippen molar-refractivity contribution < 1.29 is 9.59 Å². The molecule has 0 aliphatic carbocycles. The fourth-order valence-corrected chi connectivity index (χ4v) is 3.11. The van der Waals surface area contributed by atoms with E-state index in [1.165, 1.54) is 6.20 Å². The van der Waals surface area contributed by atoms with E-state index in [9.17, 15) is 9.59 Å². The second-order valence-electron chi connectivity index (χ2n) is 7.30. The molecule has 142 valence electrons. The zero-order valence-corrected chi connectivity index (χ0v) is 16.1. The van der Waals surface area contributed by atoms with Crippen LogP contribution in [0.2, 0.25) is 0 Å². The topological polar surface area (TPSA) is 65.5 Å². The second kappa shape index (κ2) is 8.20. The highest BCUT2D eigenvalue weighted by atomic mass is 16.2. The van der Waals surface area contributed by atoms with Gasteiger partial charge in [0.25, 0.3) is 11.8 Å². The monoisotopic (exact) mass is 366 g/mol. The Morgan fingerprint density at radius 3 is 2.41 bits per heavy atom. The third-order valence-electron chi connectivity index (χ3n) is 4.95. The van der Waals surface area contributed by atoms with Crippen molar-refractivity contribution in [3.63, 3.8) is 0 Å². The standard InChI is InChI=1S/C21H26N4O2/c1-15-9-12-25(13-10-15)21(27)19-14-16(8-11-22-19)20(26)23-17-4-6-18(7-5-17)24(2)3/h4-8,11,14-15H,9-10,12-13H2,1-3H3,(H,23,26). The Morgan fingerprint density at radius 2 is 1.78 bits per heavy atom. The number of nitrogens with one attached hydrogen (secondary N) is 1. The lowest BCUT2D eigenvalue weighted by Gasteiger charge is -2.30. The predicted molar refractivity (Wildman–Crippen MR) is 107 cm³/mol. The summed E-state index contributed by atoms with van der Waals surface area (Å²) in [5.74, 6) is 0.293. The average molecular weight is 366 g/mol. The van der Waals surface area contributed by atoms with Gasteiger partial charge >= 0.3 is 0 Å². The molecular formula is C21H26N4O2.